The van der Waals surface area contributed by atoms with Crippen LogP contribution in [-0.2, 0) is 4.79 Å². The van der Waals surface area contributed by atoms with Crippen molar-refractivity contribution >= 4 is 17.8 Å². The predicted molar refractivity (Wildman–Crippen MR) is 80.5 cm³/mol. The maximum Gasteiger partial charge on any atom is 0.262 e. The van der Waals surface area contributed by atoms with Gasteiger partial charge < -0.3 is 14.5 Å². The summed E-state index contributed by atoms with van der Waals surface area (Å²) in [7, 11) is 1.61. The standard InChI is InChI=1S/C15H17N3O3/c1-11(17-12-5-7-13(20-2)8-6-12)15(19)18-16-10-14-4-3-9-21-14/h3-11,17H,1-2H3,(H,18,19)/b16-10+. The molecule has 0 radical (unpaired) electrons. The first-order valence-corrected chi connectivity index (χ1v) is 6.46. The Morgan fingerprint density at radius 1 is 1.33 bits per heavy atom. The summed E-state index contributed by atoms with van der Waals surface area (Å²) in [5.41, 5.74) is 3.27. The smallest absolute Gasteiger partial charge is 0.262 e. The number of carbonyl (C=O) groups excluding carboxylic acids is 1. The van der Waals surface area contributed by atoms with Crippen molar-refractivity contribution in [2.45, 2.75) is 13.0 Å². The molecule has 1 aromatic heterocycles. The molecule has 6 heteroatoms. The van der Waals surface area contributed by atoms with Gasteiger partial charge in [-0.15, -0.1) is 0 Å². The number of rotatable bonds is 6. The fourth-order valence-corrected chi connectivity index (χ4v) is 1.62. The minimum atomic E-state index is -0.424. The van der Waals surface area contributed by atoms with Gasteiger partial charge in [0.25, 0.3) is 5.91 Å². The van der Waals surface area contributed by atoms with Gasteiger partial charge in [0.1, 0.15) is 17.6 Å². The summed E-state index contributed by atoms with van der Waals surface area (Å²) in [5.74, 6) is 1.10. The lowest BCUT2D eigenvalue weighted by atomic mass is 10.2. The summed E-state index contributed by atoms with van der Waals surface area (Å²) in [6, 6.07) is 10.4. The summed E-state index contributed by atoms with van der Waals surface area (Å²) >= 11 is 0. The van der Waals surface area contributed by atoms with Gasteiger partial charge in [0, 0.05) is 5.69 Å². The van der Waals surface area contributed by atoms with Crippen molar-refractivity contribution in [2.24, 2.45) is 5.10 Å². The number of amides is 1. The van der Waals surface area contributed by atoms with Crippen molar-refractivity contribution < 1.29 is 13.9 Å². The highest BCUT2D eigenvalue weighted by atomic mass is 16.5. The number of hydrogen-bond acceptors (Lipinski definition) is 5. The van der Waals surface area contributed by atoms with Crippen molar-refractivity contribution in [3.63, 3.8) is 0 Å². The number of methoxy groups -OCH3 is 1. The summed E-state index contributed by atoms with van der Waals surface area (Å²) in [6.45, 7) is 1.75. The van der Waals surface area contributed by atoms with Gasteiger partial charge in [0.15, 0.2) is 0 Å². The van der Waals surface area contributed by atoms with Gasteiger partial charge in [-0.05, 0) is 43.3 Å². The lowest BCUT2D eigenvalue weighted by molar-refractivity contribution is -0.121. The summed E-state index contributed by atoms with van der Waals surface area (Å²) in [5, 5.41) is 6.90. The minimum absolute atomic E-state index is 0.242. The maximum absolute atomic E-state index is 11.9. The monoisotopic (exact) mass is 287 g/mol. The van der Waals surface area contributed by atoms with Gasteiger partial charge in [-0.3, -0.25) is 4.79 Å². The zero-order valence-corrected chi connectivity index (χ0v) is 11.9. The number of hydrogen-bond donors (Lipinski definition) is 2. The Bertz CT molecular complexity index is 591. The maximum atomic E-state index is 11.9. The van der Waals surface area contributed by atoms with Crippen LogP contribution in [0.3, 0.4) is 0 Å². The largest absolute Gasteiger partial charge is 0.497 e. The molecule has 0 bridgehead atoms. The first-order valence-electron chi connectivity index (χ1n) is 6.46. The van der Waals surface area contributed by atoms with Crippen molar-refractivity contribution in [3.8, 4) is 5.75 Å². The van der Waals surface area contributed by atoms with Gasteiger partial charge >= 0.3 is 0 Å². The van der Waals surface area contributed by atoms with Gasteiger partial charge in [0.05, 0.1) is 19.6 Å². The first kappa shape index (κ1) is 14.6. The summed E-state index contributed by atoms with van der Waals surface area (Å²) < 4.78 is 10.1. The van der Waals surface area contributed by atoms with Crippen LogP contribution in [-0.4, -0.2) is 25.3 Å². The molecule has 0 spiro atoms. The number of carbonyl (C=O) groups is 1. The second-order valence-electron chi connectivity index (χ2n) is 4.34. The van der Waals surface area contributed by atoms with Crippen LogP contribution in [0.2, 0.25) is 0 Å². The van der Waals surface area contributed by atoms with E-state index in [0.29, 0.717) is 5.76 Å². The van der Waals surface area contributed by atoms with E-state index in [0.717, 1.165) is 11.4 Å². The highest BCUT2D eigenvalue weighted by molar-refractivity contribution is 5.85. The van der Waals surface area contributed by atoms with Gasteiger partial charge in [-0.1, -0.05) is 0 Å². The molecule has 1 amide bonds. The van der Waals surface area contributed by atoms with E-state index >= 15 is 0 Å². The van der Waals surface area contributed by atoms with E-state index < -0.39 is 6.04 Å². The van der Waals surface area contributed by atoms with E-state index in [1.807, 2.05) is 24.3 Å². The molecule has 2 rings (SSSR count). The highest BCUT2D eigenvalue weighted by Gasteiger charge is 2.11. The number of nitrogens with zero attached hydrogens (tertiary/aromatic N) is 1. The molecule has 0 saturated carbocycles. The number of benzene rings is 1. The summed E-state index contributed by atoms with van der Waals surface area (Å²) in [4.78, 5) is 11.9. The van der Waals surface area contributed by atoms with Crippen LogP contribution >= 0.6 is 0 Å². The number of nitrogens with one attached hydrogen (secondary N) is 2. The van der Waals surface area contributed by atoms with Crippen LogP contribution in [0.1, 0.15) is 12.7 Å². The van der Waals surface area contributed by atoms with Crippen LogP contribution in [0.25, 0.3) is 0 Å². The molecule has 0 aliphatic rings. The van der Waals surface area contributed by atoms with Crippen molar-refractivity contribution in [3.05, 3.63) is 48.4 Å². The predicted octanol–water partition coefficient (Wildman–Crippen LogP) is 2.24. The second kappa shape index (κ2) is 7.14. The molecular weight excluding hydrogens is 270 g/mol. The Morgan fingerprint density at radius 3 is 2.71 bits per heavy atom. The molecule has 0 fully saturated rings. The fraction of sp³-hybridized carbons (Fsp3) is 0.200. The van der Waals surface area contributed by atoms with E-state index in [1.54, 1.807) is 26.2 Å². The SMILES string of the molecule is COc1ccc(NC(C)C(=O)N/N=C/c2ccco2)cc1. The molecule has 1 aromatic carbocycles. The molecular formula is C15H17N3O3. The number of ether oxygens (including phenoxy) is 1. The second-order valence-corrected chi connectivity index (χ2v) is 4.34. The van der Waals surface area contributed by atoms with E-state index in [-0.39, 0.29) is 5.91 Å². The lowest BCUT2D eigenvalue weighted by Gasteiger charge is -2.13. The Morgan fingerprint density at radius 2 is 2.10 bits per heavy atom. The zero-order chi connectivity index (χ0) is 15.1. The Hall–Kier alpha value is -2.76. The van der Waals surface area contributed by atoms with Crippen LogP contribution in [0.5, 0.6) is 5.75 Å². The molecule has 6 nitrogen and oxygen atoms in total. The molecule has 0 aliphatic carbocycles. The topological polar surface area (TPSA) is 75.9 Å². The van der Waals surface area contributed by atoms with Gasteiger partial charge in [-0.2, -0.15) is 5.10 Å². The van der Waals surface area contributed by atoms with Crippen molar-refractivity contribution in [2.75, 3.05) is 12.4 Å². The molecule has 2 aromatic rings. The molecule has 2 N–H and O–H groups in total. The Labute approximate surface area is 122 Å². The molecule has 110 valence electrons. The first-order chi connectivity index (χ1) is 10.2. The average Bonchev–Trinajstić information content (AvgIpc) is 3.01. The van der Waals surface area contributed by atoms with Crippen molar-refractivity contribution in [1.29, 1.82) is 0 Å². The lowest BCUT2D eigenvalue weighted by Crippen LogP contribution is -2.34. The van der Waals surface area contributed by atoms with Crippen LogP contribution in [0.15, 0.2) is 52.2 Å². The third kappa shape index (κ3) is 4.38. The van der Waals surface area contributed by atoms with Gasteiger partial charge in [0.2, 0.25) is 0 Å². The average molecular weight is 287 g/mol. The number of hydrazone groups is 1. The van der Waals surface area contributed by atoms with Gasteiger partial charge in [-0.25, -0.2) is 5.43 Å². The van der Waals surface area contributed by atoms with E-state index in [2.05, 4.69) is 15.8 Å². The summed E-state index contributed by atoms with van der Waals surface area (Å²) in [6.07, 6.45) is 2.98. The van der Waals surface area contributed by atoms with Crippen LogP contribution in [0.4, 0.5) is 5.69 Å². The third-order valence-electron chi connectivity index (χ3n) is 2.78. The quantitative estimate of drug-likeness (QED) is 0.631. The molecule has 1 heterocycles. The Kier molecular flexibility index (Phi) is 4.98. The Balaban J connectivity index is 1.84. The van der Waals surface area contributed by atoms with Crippen LogP contribution < -0.4 is 15.5 Å². The van der Waals surface area contributed by atoms with Crippen molar-refractivity contribution in [1.82, 2.24) is 5.43 Å². The van der Waals surface area contributed by atoms with Crippen LogP contribution in [0, 0.1) is 0 Å². The molecule has 21 heavy (non-hydrogen) atoms. The zero-order valence-electron chi connectivity index (χ0n) is 11.9. The third-order valence-corrected chi connectivity index (χ3v) is 2.78. The molecule has 0 saturated heterocycles. The van der Waals surface area contributed by atoms with E-state index in [1.165, 1.54) is 12.5 Å². The molecule has 0 aliphatic heterocycles. The molecule has 1 unspecified atom stereocenters. The van der Waals surface area contributed by atoms with E-state index in [4.69, 9.17) is 9.15 Å². The molecule has 1 atom stereocenters. The highest BCUT2D eigenvalue weighted by Crippen LogP contribution is 2.15. The number of anilines is 1. The normalized spacial score (nSPS) is 12.1. The fourth-order valence-electron chi connectivity index (χ4n) is 1.62. The number of furan rings is 1. The van der Waals surface area contributed by atoms with E-state index in [9.17, 15) is 4.79 Å². The minimum Gasteiger partial charge on any atom is -0.497 e.